The minimum absolute atomic E-state index is 0.166. The third-order valence-electron chi connectivity index (χ3n) is 5.00. The first-order valence-corrected chi connectivity index (χ1v) is 10.7. The van der Waals surface area contributed by atoms with Gasteiger partial charge in [0.15, 0.2) is 0 Å². The highest BCUT2D eigenvalue weighted by molar-refractivity contribution is 5.94. The van der Waals surface area contributed by atoms with Gasteiger partial charge in [0.25, 0.3) is 11.5 Å². The number of ether oxygens (including phenoxy) is 1. The second-order valence-electron chi connectivity index (χ2n) is 7.81. The highest BCUT2D eigenvalue weighted by atomic mass is 16.5. The van der Waals surface area contributed by atoms with E-state index in [9.17, 15) is 9.59 Å². The number of aryl methyl sites for hydroxylation is 1. The Kier molecular flexibility index (Phi) is 7.78. The topological polar surface area (TPSA) is 93.5 Å². The third kappa shape index (κ3) is 5.62. The molecule has 1 amide bonds. The molecule has 0 aliphatic heterocycles. The fraction of sp³-hybridized carbons (Fsp3) is 0.320. The molecule has 0 aliphatic rings. The minimum atomic E-state index is -0.200. The first-order valence-electron chi connectivity index (χ1n) is 10.7. The molecule has 1 aromatic heterocycles. The predicted molar refractivity (Wildman–Crippen MR) is 126 cm³/mol. The van der Waals surface area contributed by atoms with Crippen LogP contribution in [0.15, 0.2) is 59.4 Å². The fourth-order valence-corrected chi connectivity index (χ4v) is 3.36. The summed E-state index contributed by atoms with van der Waals surface area (Å²) < 4.78 is 7.20. The maximum Gasteiger partial charge on any atom is 0.266 e. The lowest BCUT2D eigenvalue weighted by Crippen LogP contribution is -2.25. The van der Waals surface area contributed by atoms with E-state index in [0.29, 0.717) is 46.9 Å². The maximum absolute atomic E-state index is 13.2. The Morgan fingerprint density at radius 3 is 2.59 bits per heavy atom. The molecular formula is C25H29N3O4. The van der Waals surface area contributed by atoms with Gasteiger partial charge in [-0.1, -0.05) is 6.58 Å². The maximum atomic E-state index is 13.2. The molecule has 2 aromatic carbocycles. The van der Waals surface area contributed by atoms with Gasteiger partial charge < -0.3 is 15.2 Å². The number of amides is 1. The lowest BCUT2D eigenvalue weighted by molar-refractivity contribution is 0.0953. The van der Waals surface area contributed by atoms with Gasteiger partial charge in [-0.3, -0.25) is 14.2 Å². The van der Waals surface area contributed by atoms with Crippen LogP contribution in [-0.2, 0) is 0 Å². The molecule has 0 radical (unpaired) electrons. The normalized spacial score (nSPS) is 10.8. The van der Waals surface area contributed by atoms with Crippen molar-refractivity contribution in [2.45, 2.75) is 33.1 Å². The standard InChI is InChI=1S/C25H29N3O4/c1-17(2)16-32-21-11-12-23-22(15-21)25(31)28(18(3)27-23)20-9-7-19(8-10-20)24(30)26-13-5-4-6-14-29/h7-12,15,29H,1,4-6,13-14,16H2,2-3H3,(H,26,30). The van der Waals surface area contributed by atoms with Crippen molar-refractivity contribution < 1.29 is 14.6 Å². The van der Waals surface area contributed by atoms with Gasteiger partial charge >= 0.3 is 0 Å². The second-order valence-corrected chi connectivity index (χ2v) is 7.81. The quantitative estimate of drug-likeness (QED) is 0.375. The number of hydrogen-bond acceptors (Lipinski definition) is 5. The summed E-state index contributed by atoms with van der Waals surface area (Å²) in [6, 6.07) is 12.1. The van der Waals surface area contributed by atoms with Gasteiger partial charge in [0, 0.05) is 18.7 Å². The monoisotopic (exact) mass is 435 g/mol. The Labute approximate surface area is 187 Å². The highest BCUT2D eigenvalue weighted by Crippen LogP contribution is 2.19. The molecule has 0 fully saturated rings. The molecular weight excluding hydrogens is 406 g/mol. The van der Waals surface area contributed by atoms with Crippen LogP contribution in [0.4, 0.5) is 0 Å². The summed E-state index contributed by atoms with van der Waals surface area (Å²) in [5, 5.41) is 12.1. The largest absolute Gasteiger partial charge is 0.489 e. The van der Waals surface area contributed by atoms with Crippen molar-refractivity contribution in [1.82, 2.24) is 14.9 Å². The molecule has 3 rings (SSSR count). The number of carbonyl (C=O) groups is 1. The van der Waals surface area contributed by atoms with Gasteiger partial charge in [0.05, 0.1) is 16.6 Å². The van der Waals surface area contributed by atoms with E-state index in [1.54, 1.807) is 49.4 Å². The zero-order valence-electron chi connectivity index (χ0n) is 18.6. The molecule has 32 heavy (non-hydrogen) atoms. The van der Waals surface area contributed by atoms with Gasteiger partial charge in [0.2, 0.25) is 0 Å². The van der Waals surface area contributed by atoms with Crippen LogP contribution in [-0.4, -0.2) is 40.3 Å². The van der Waals surface area contributed by atoms with Crippen LogP contribution in [0.5, 0.6) is 5.75 Å². The summed E-state index contributed by atoms with van der Waals surface area (Å²) in [4.78, 5) is 30.1. The fourth-order valence-electron chi connectivity index (χ4n) is 3.36. The van der Waals surface area contributed by atoms with Crippen LogP contribution < -0.4 is 15.6 Å². The van der Waals surface area contributed by atoms with Gasteiger partial charge in [-0.05, 0) is 81.1 Å². The number of fused-ring (bicyclic) bond motifs is 1. The summed E-state index contributed by atoms with van der Waals surface area (Å²) in [7, 11) is 0. The predicted octanol–water partition coefficient (Wildman–Crippen LogP) is 3.54. The Morgan fingerprint density at radius 2 is 1.91 bits per heavy atom. The van der Waals surface area contributed by atoms with E-state index in [-0.39, 0.29) is 18.1 Å². The molecule has 0 unspecified atom stereocenters. The van der Waals surface area contributed by atoms with Crippen molar-refractivity contribution in [1.29, 1.82) is 0 Å². The van der Waals surface area contributed by atoms with E-state index in [4.69, 9.17) is 9.84 Å². The SMILES string of the molecule is C=C(C)COc1ccc2nc(C)n(-c3ccc(C(=O)NCCCCCO)cc3)c(=O)c2c1. The zero-order chi connectivity index (χ0) is 23.1. The summed E-state index contributed by atoms with van der Waals surface area (Å²) in [5.74, 6) is 0.973. The summed E-state index contributed by atoms with van der Waals surface area (Å²) in [5.41, 5.74) is 2.44. The molecule has 2 N–H and O–H groups in total. The van der Waals surface area contributed by atoms with E-state index >= 15 is 0 Å². The molecule has 168 valence electrons. The molecule has 0 aliphatic carbocycles. The van der Waals surface area contributed by atoms with E-state index < -0.39 is 0 Å². The number of benzene rings is 2. The van der Waals surface area contributed by atoms with Crippen LogP contribution in [0.25, 0.3) is 16.6 Å². The van der Waals surface area contributed by atoms with Gasteiger partial charge in [0.1, 0.15) is 18.2 Å². The number of aliphatic hydroxyl groups is 1. The Morgan fingerprint density at radius 1 is 1.16 bits per heavy atom. The van der Waals surface area contributed by atoms with E-state index in [0.717, 1.165) is 24.8 Å². The van der Waals surface area contributed by atoms with Crippen molar-refractivity contribution in [3.05, 3.63) is 76.4 Å². The van der Waals surface area contributed by atoms with Crippen molar-refractivity contribution in [3.8, 4) is 11.4 Å². The highest BCUT2D eigenvalue weighted by Gasteiger charge is 2.12. The lowest BCUT2D eigenvalue weighted by Gasteiger charge is -2.13. The molecule has 7 nitrogen and oxygen atoms in total. The van der Waals surface area contributed by atoms with Crippen LogP contribution in [0, 0.1) is 6.92 Å². The number of nitrogens with one attached hydrogen (secondary N) is 1. The molecule has 3 aromatic rings. The second kappa shape index (κ2) is 10.7. The van der Waals surface area contributed by atoms with Crippen molar-refractivity contribution in [3.63, 3.8) is 0 Å². The molecule has 0 atom stereocenters. The number of unbranched alkanes of at least 4 members (excludes halogenated alkanes) is 2. The van der Waals surface area contributed by atoms with Gasteiger partial charge in [-0.2, -0.15) is 0 Å². The van der Waals surface area contributed by atoms with E-state index in [1.165, 1.54) is 4.57 Å². The first kappa shape index (κ1) is 23.2. The summed E-state index contributed by atoms with van der Waals surface area (Å²) in [6.07, 6.45) is 2.42. The summed E-state index contributed by atoms with van der Waals surface area (Å²) >= 11 is 0. The number of aliphatic hydroxyl groups excluding tert-OH is 1. The molecule has 1 heterocycles. The first-order chi connectivity index (χ1) is 15.4. The molecule has 0 saturated carbocycles. The number of rotatable bonds is 10. The Balaban J connectivity index is 1.82. The summed E-state index contributed by atoms with van der Waals surface area (Å²) in [6.45, 7) is 8.58. The zero-order valence-corrected chi connectivity index (χ0v) is 18.6. The van der Waals surface area contributed by atoms with E-state index in [1.807, 2.05) is 6.92 Å². The minimum Gasteiger partial charge on any atom is -0.489 e. The molecule has 7 heteroatoms. The Bertz CT molecular complexity index is 1170. The van der Waals surface area contributed by atoms with Crippen LogP contribution >= 0.6 is 0 Å². The van der Waals surface area contributed by atoms with E-state index in [2.05, 4.69) is 16.9 Å². The number of aromatic nitrogens is 2. The van der Waals surface area contributed by atoms with Crippen molar-refractivity contribution >= 4 is 16.8 Å². The molecule has 0 saturated heterocycles. The third-order valence-corrected chi connectivity index (χ3v) is 5.00. The molecule has 0 spiro atoms. The Hall–Kier alpha value is -3.45. The van der Waals surface area contributed by atoms with Crippen LogP contribution in [0.2, 0.25) is 0 Å². The van der Waals surface area contributed by atoms with Crippen LogP contribution in [0.3, 0.4) is 0 Å². The number of hydrogen-bond donors (Lipinski definition) is 2. The van der Waals surface area contributed by atoms with Crippen molar-refractivity contribution in [2.24, 2.45) is 0 Å². The number of nitrogens with zero attached hydrogens (tertiary/aromatic N) is 2. The smallest absolute Gasteiger partial charge is 0.266 e. The van der Waals surface area contributed by atoms with Gasteiger partial charge in [-0.25, -0.2) is 4.98 Å². The number of carbonyl (C=O) groups excluding carboxylic acids is 1. The van der Waals surface area contributed by atoms with Crippen LogP contribution in [0.1, 0.15) is 42.4 Å². The average molecular weight is 436 g/mol. The average Bonchev–Trinajstić information content (AvgIpc) is 2.78. The lowest BCUT2D eigenvalue weighted by atomic mass is 10.1. The molecule has 0 bridgehead atoms. The van der Waals surface area contributed by atoms with Gasteiger partial charge in [-0.15, -0.1) is 0 Å². The van der Waals surface area contributed by atoms with Crippen molar-refractivity contribution in [2.75, 3.05) is 19.8 Å².